The van der Waals surface area contributed by atoms with Crippen molar-refractivity contribution in [2.75, 3.05) is 5.75 Å². The van der Waals surface area contributed by atoms with Crippen LogP contribution < -0.4 is 4.74 Å². The minimum atomic E-state index is -0.931. The molecular formula is C29H27NO3S2. The largest absolute Gasteiger partial charge is 0.479 e. The smallest absolute Gasteiger partial charge is 0.344 e. The van der Waals surface area contributed by atoms with Gasteiger partial charge in [-0.2, -0.15) is 0 Å². The summed E-state index contributed by atoms with van der Waals surface area (Å²) in [5.74, 6) is 1.06. The van der Waals surface area contributed by atoms with Crippen molar-refractivity contribution in [3.8, 4) is 17.0 Å². The number of aliphatic carboxylic acids is 1. The van der Waals surface area contributed by atoms with E-state index < -0.39 is 12.1 Å². The molecule has 178 valence electrons. The number of hydrogen-bond acceptors (Lipinski definition) is 5. The molecule has 4 nitrogen and oxygen atoms in total. The number of carboxylic acid groups (broad SMARTS) is 1. The second-order valence-corrected chi connectivity index (χ2v) is 11.0. The lowest BCUT2D eigenvalue weighted by Crippen LogP contribution is -2.26. The Morgan fingerprint density at radius 2 is 1.71 bits per heavy atom. The molecule has 0 radical (unpaired) electrons. The lowest BCUT2D eigenvalue weighted by atomic mass is 9.89. The number of benzene rings is 3. The Kier molecular flexibility index (Phi) is 7.21. The molecule has 6 heteroatoms. The molecule has 0 spiro atoms. The lowest BCUT2D eigenvalue weighted by molar-refractivity contribution is -0.145. The first-order chi connectivity index (χ1) is 17.1. The highest BCUT2D eigenvalue weighted by atomic mass is 32.2. The number of rotatable bonds is 10. The van der Waals surface area contributed by atoms with E-state index in [-0.39, 0.29) is 0 Å². The molecule has 1 aromatic heterocycles. The molecule has 35 heavy (non-hydrogen) atoms. The number of thiazole rings is 1. The van der Waals surface area contributed by atoms with Crippen molar-refractivity contribution in [3.63, 3.8) is 0 Å². The van der Waals surface area contributed by atoms with Gasteiger partial charge in [0.2, 0.25) is 0 Å². The summed E-state index contributed by atoms with van der Waals surface area (Å²) in [6.45, 7) is 1.82. The maximum Gasteiger partial charge on any atom is 0.344 e. The van der Waals surface area contributed by atoms with Crippen LogP contribution in [-0.4, -0.2) is 27.9 Å². The van der Waals surface area contributed by atoms with Crippen molar-refractivity contribution >= 4 is 29.1 Å². The Morgan fingerprint density at radius 3 is 2.34 bits per heavy atom. The van der Waals surface area contributed by atoms with Gasteiger partial charge in [-0.15, -0.1) is 11.3 Å². The van der Waals surface area contributed by atoms with Crippen LogP contribution in [0.5, 0.6) is 5.75 Å². The van der Waals surface area contributed by atoms with Crippen LogP contribution in [0.4, 0.5) is 0 Å². The number of nitrogens with zero attached hydrogens (tertiary/aromatic N) is 1. The van der Waals surface area contributed by atoms with E-state index in [0.717, 1.165) is 39.8 Å². The van der Waals surface area contributed by atoms with Crippen molar-refractivity contribution in [2.45, 2.75) is 42.5 Å². The molecule has 3 aromatic carbocycles. The van der Waals surface area contributed by atoms with Gasteiger partial charge in [-0.05, 0) is 30.0 Å². The number of carbonyl (C=O) groups is 1. The third-order valence-electron chi connectivity index (χ3n) is 6.35. The summed E-state index contributed by atoms with van der Waals surface area (Å²) >= 11 is 3.56. The fourth-order valence-corrected chi connectivity index (χ4v) is 6.87. The van der Waals surface area contributed by atoms with E-state index in [4.69, 9.17) is 9.72 Å². The summed E-state index contributed by atoms with van der Waals surface area (Å²) in [6.07, 6.45) is 1.37. The number of thioether (sulfide) groups is 1. The van der Waals surface area contributed by atoms with Gasteiger partial charge in [-0.1, -0.05) is 91.5 Å². The van der Waals surface area contributed by atoms with Crippen molar-refractivity contribution in [2.24, 2.45) is 0 Å². The van der Waals surface area contributed by atoms with Crippen LogP contribution in [0.2, 0.25) is 0 Å². The standard InChI is InChI=1S/C29H27NO3S2/c1-2-24(28(31)32)33-25-15-9-14-22-23(25)18-26-27(22)30-29(35-26)34-17-16-21(19-10-5-3-6-11-19)20-12-7-4-8-13-20/h3-15,21,24H,2,16-18H2,1H3,(H,31,32). The first kappa shape index (κ1) is 23.6. The number of hydrogen-bond donors (Lipinski definition) is 1. The molecule has 0 aliphatic heterocycles. The van der Waals surface area contributed by atoms with Crippen molar-refractivity contribution in [1.29, 1.82) is 0 Å². The van der Waals surface area contributed by atoms with Gasteiger partial charge < -0.3 is 9.84 Å². The summed E-state index contributed by atoms with van der Waals surface area (Å²) < 4.78 is 6.93. The predicted octanol–water partition coefficient (Wildman–Crippen LogP) is 7.27. The molecule has 1 atom stereocenters. The van der Waals surface area contributed by atoms with Gasteiger partial charge in [0.25, 0.3) is 0 Å². The SMILES string of the molecule is CCC(Oc1cccc2c1Cc1sc(SCCC(c3ccccc3)c3ccccc3)nc1-2)C(=O)O. The molecule has 1 heterocycles. The second kappa shape index (κ2) is 10.7. The average molecular weight is 502 g/mol. The van der Waals surface area contributed by atoms with Crippen molar-refractivity contribution in [1.82, 2.24) is 4.98 Å². The van der Waals surface area contributed by atoms with Crippen LogP contribution in [0, 0.1) is 0 Å². The second-order valence-electron chi connectivity index (χ2n) is 8.57. The number of fused-ring (bicyclic) bond motifs is 3. The topological polar surface area (TPSA) is 59.4 Å². The van der Waals surface area contributed by atoms with Gasteiger partial charge in [-0.3, -0.25) is 0 Å². The molecule has 0 amide bonds. The molecule has 1 N–H and O–H groups in total. The summed E-state index contributed by atoms with van der Waals surface area (Å²) in [6, 6.07) is 27.3. The summed E-state index contributed by atoms with van der Waals surface area (Å²) in [5, 5.41) is 9.38. The molecule has 0 bridgehead atoms. The van der Waals surface area contributed by atoms with Crippen LogP contribution in [0.1, 0.15) is 47.3 Å². The van der Waals surface area contributed by atoms with Gasteiger partial charge >= 0.3 is 5.97 Å². The third-order valence-corrected chi connectivity index (χ3v) is 8.59. The molecule has 0 saturated carbocycles. The Morgan fingerprint density at radius 1 is 1.03 bits per heavy atom. The molecule has 1 aliphatic carbocycles. The first-order valence-corrected chi connectivity index (χ1v) is 13.7. The number of ether oxygens (including phenoxy) is 1. The summed E-state index contributed by atoms with van der Waals surface area (Å²) in [5.41, 5.74) is 5.81. The highest BCUT2D eigenvalue weighted by Gasteiger charge is 2.28. The lowest BCUT2D eigenvalue weighted by Gasteiger charge is -2.17. The van der Waals surface area contributed by atoms with Crippen LogP contribution in [0.15, 0.2) is 83.2 Å². The molecule has 4 aromatic rings. The molecule has 0 saturated heterocycles. The normalized spacial score (nSPS) is 12.9. The van der Waals surface area contributed by atoms with E-state index in [1.165, 1.54) is 16.0 Å². The van der Waals surface area contributed by atoms with E-state index in [2.05, 4.69) is 66.7 Å². The van der Waals surface area contributed by atoms with Crippen LogP contribution in [0.3, 0.4) is 0 Å². The van der Waals surface area contributed by atoms with Gasteiger partial charge in [0.05, 0.1) is 5.69 Å². The predicted molar refractivity (Wildman–Crippen MR) is 143 cm³/mol. The summed E-state index contributed by atoms with van der Waals surface area (Å²) in [4.78, 5) is 17.6. The Bertz CT molecular complexity index is 1260. The highest BCUT2D eigenvalue weighted by molar-refractivity contribution is 8.01. The minimum Gasteiger partial charge on any atom is -0.479 e. The Labute approximate surface area is 214 Å². The first-order valence-electron chi connectivity index (χ1n) is 11.9. The maximum atomic E-state index is 11.4. The Balaban J connectivity index is 1.29. The van der Waals surface area contributed by atoms with Crippen molar-refractivity contribution < 1.29 is 14.6 Å². The van der Waals surface area contributed by atoms with E-state index in [1.54, 1.807) is 11.3 Å². The Hall–Kier alpha value is -3.09. The minimum absolute atomic E-state index is 0.359. The van der Waals surface area contributed by atoms with Crippen LogP contribution >= 0.6 is 23.1 Å². The van der Waals surface area contributed by atoms with E-state index in [9.17, 15) is 9.90 Å². The van der Waals surface area contributed by atoms with Crippen LogP contribution in [0.25, 0.3) is 11.3 Å². The maximum absolute atomic E-state index is 11.4. The summed E-state index contributed by atoms with van der Waals surface area (Å²) in [7, 11) is 0. The van der Waals surface area contributed by atoms with E-state index in [0.29, 0.717) is 18.1 Å². The highest BCUT2D eigenvalue weighted by Crippen LogP contribution is 2.45. The number of aromatic nitrogens is 1. The molecule has 1 unspecified atom stereocenters. The average Bonchev–Trinajstić information content (AvgIpc) is 3.44. The molecule has 1 aliphatic rings. The quantitative estimate of drug-likeness (QED) is 0.204. The van der Waals surface area contributed by atoms with Gasteiger partial charge in [0.15, 0.2) is 10.4 Å². The fourth-order valence-electron chi connectivity index (χ4n) is 4.59. The van der Waals surface area contributed by atoms with Gasteiger partial charge in [0, 0.05) is 34.1 Å². The monoisotopic (exact) mass is 501 g/mol. The molecule has 5 rings (SSSR count). The third kappa shape index (κ3) is 5.14. The van der Waals surface area contributed by atoms with E-state index >= 15 is 0 Å². The van der Waals surface area contributed by atoms with Gasteiger partial charge in [0.1, 0.15) is 5.75 Å². The van der Waals surface area contributed by atoms with Gasteiger partial charge in [-0.25, -0.2) is 9.78 Å². The number of carboxylic acids is 1. The molecule has 0 fully saturated rings. The fraction of sp³-hybridized carbons (Fsp3) is 0.241. The van der Waals surface area contributed by atoms with Crippen LogP contribution in [-0.2, 0) is 11.2 Å². The van der Waals surface area contributed by atoms with E-state index in [1.807, 2.05) is 30.8 Å². The zero-order chi connectivity index (χ0) is 24.2. The van der Waals surface area contributed by atoms with Crippen molar-refractivity contribution in [3.05, 3.63) is 100 Å². The molecular weight excluding hydrogens is 474 g/mol. The zero-order valence-corrected chi connectivity index (χ0v) is 21.1. The zero-order valence-electron chi connectivity index (χ0n) is 19.5.